The predicted molar refractivity (Wildman–Crippen MR) is 228 cm³/mol. The fourth-order valence-corrected chi connectivity index (χ4v) is 9.49. The van der Waals surface area contributed by atoms with Crippen LogP contribution >= 0.6 is 0 Å². The van der Waals surface area contributed by atoms with Crippen LogP contribution in [0.3, 0.4) is 0 Å². The minimum atomic E-state index is -4.91. The minimum absolute atomic E-state index is 0.284. The second-order valence-electron chi connectivity index (χ2n) is 15.5. The summed E-state index contributed by atoms with van der Waals surface area (Å²) in [6.45, 7) is 5.96. The summed E-state index contributed by atoms with van der Waals surface area (Å²) in [5.41, 5.74) is 14.4. The molecule has 0 aliphatic carbocycles. The first-order chi connectivity index (χ1) is 28.3. The van der Waals surface area contributed by atoms with E-state index in [0.29, 0.717) is 31.1 Å². The summed E-state index contributed by atoms with van der Waals surface area (Å²) in [6.07, 6.45) is -2.20. The molecule has 3 unspecified atom stereocenters. The summed E-state index contributed by atoms with van der Waals surface area (Å²) >= 11 is 0. The maximum atomic E-state index is 14.8. The van der Waals surface area contributed by atoms with Crippen molar-refractivity contribution in [1.29, 1.82) is 0 Å². The average molecular weight is 867 g/mol. The average Bonchev–Trinajstić information content (AvgIpc) is 3.23. The van der Waals surface area contributed by atoms with Gasteiger partial charge in [-0.25, -0.2) is 8.61 Å². The van der Waals surface area contributed by atoms with Gasteiger partial charge in [0.05, 0.1) is 48.6 Å². The molecule has 6 atom stereocenters. The zero-order chi connectivity index (χ0) is 44.4. The molecule has 0 aliphatic heterocycles. The van der Waals surface area contributed by atoms with Crippen molar-refractivity contribution >= 4 is 32.2 Å². The quantitative estimate of drug-likeness (QED) is 0.0944. The number of aromatic nitrogens is 2. The van der Waals surface area contributed by atoms with Gasteiger partial charge in [0, 0.05) is 26.5 Å². The molecule has 4 aromatic rings. The highest BCUT2D eigenvalue weighted by molar-refractivity contribution is 7.87. The Hall–Kier alpha value is -4.66. The molecule has 16 nitrogen and oxygen atoms in total. The molecular weight excluding hydrogens is 809 g/mol. The number of amides is 2. The van der Waals surface area contributed by atoms with Crippen molar-refractivity contribution in [2.75, 3.05) is 14.1 Å². The molecule has 0 aliphatic rings. The molecule has 4 rings (SSSR count). The van der Waals surface area contributed by atoms with E-state index in [1.165, 1.54) is 26.5 Å². The van der Waals surface area contributed by atoms with E-state index in [-0.39, 0.29) is 25.9 Å². The number of aliphatic hydroxyl groups excluding tert-OH is 2. The standard InChI is InChI=1S/C42H58N8O8S2/c1-29(2)37(43)41(53)49(59(55,56)47(5)27-33-21-13-15-23-45-33)35(25-31-17-9-7-10-18-31)39(51)40(52)36(26-32-19-11-8-12-20-32)50(42(54)38(44)30(3)4)60(57,58)48(6)28-34-22-14-16-24-46-34/h7-24,29-30,35-40,51-52H,25-28,43-44H2,1-6H3/t35-,36?,37-,38-,39?,40?/m0/s1. The van der Waals surface area contributed by atoms with Crippen molar-refractivity contribution in [3.8, 4) is 0 Å². The lowest BCUT2D eigenvalue weighted by molar-refractivity contribution is -0.139. The van der Waals surface area contributed by atoms with Crippen LogP contribution in [0.5, 0.6) is 0 Å². The summed E-state index contributed by atoms with van der Waals surface area (Å²) in [6, 6.07) is 20.2. The fourth-order valence-electron chi connectivity index (χ4n) is 6.51. The highest BCUT2D eigenvalue weighted by atomic mass is 32.2. The van der Waals surface area contributed by atoms with Crippen molar-refractivity contribution < 1.29 is 36.6 Å². The van der Waals surface area contributed by atoms with Gasteiger partial charge in [0.2, 0.25) is 0 Å². The molecule has 6 N–H and O–H groups in total. The van der Waals surface area contributed by atoms with Crippen LogP contribution in [0.1, 0.15) is 50.2 Å². The maximum Gasteiger partial charge on any atom is 0.306 e. The van der Waals surface area contributed by atoms with Crippen molar-refractivity contribution in [2.45, 2.75) is 90.0 Å². The number of nitrogens with zero attached hydrogens (tertiary/aromatic N) is 6. The number of carbonyl (C=O) groups is 2. The normalized spacial score (nSPS) is 15.4. The summed E-state index contributed by atoms with van der Waals surface area (Å²) in [5.74, 6) is -3.32. The van der Waals surface area contributed by atoms with E-state index in [4.69, 9.17) is 11.5 Å². The smallest absolute Gasteiger partial charge is 0.306 e. The van der Waals surface area contributed by atoms with Gasteiger partial charge in [-0.1, -0.05) is 100 Å². The van der Waals surface area contributed by atoms with Gasteiger partial charge in [-0.2, -0.15) is 25.4 Å². The zero-order valence-corrected chi connectivity index (χ0v) is 36.5. The van der Waals surface area contributed by atoms with Gasteiger partial charge in [-0.3, -0.25) is 19.6 Å². The summed E-state index contributed by atoms with van der Waals surface area (Å²) in [4.78, 5) is 37.5. The number of aliphatic hydroxyl groups is 2. The van der Waals surface area contributed by atoms with E-state index >= 15 is 0 Å². The second-order valence-corrected chi connectivity index (χ2v) is 19.3. The van der Waals surface area contributed by atoms with Gasteiger partial charge in [0.15, 0.2) is 0 Å². The zero-order valence-electron chi connectivity index (χ0n) is 34.8. The molecular formula is C42H58N8O8S2. The molecule has 326 valence electrons. The Kier molecular flexibility index (Phi) is 17.0. The lowest BCUT2D eigenvalue weighted by atomic mass is 9.90. The number of hydrogen-bond donors (Lipinski definition) is 4. The monoisotopic (exact) mass is 866 g/mol. The van der Waals surface area contributed by atoms with Crippen molar-refractivity contribution in [3.63, 3.8) is 0 Å². The number of rotatable bonds is 21. The topological polar surface area (TPSA) is 234 Å². The van der Waals surface area contributed by atoms with Gasteiger partial charge in [0.25, 0.3) is 11.8 Å². The van der Waals surface area contributed by atoms with E-state index in [9.17, 15) is 36.6 Å². The minimum Gasteiger partial charge on any atom is -0.388 e. The lowest BCUT2D eigenvalue weighted by Gasteiger charge is -2.43. The van der Waals surface area contributed by atoms with Crippen LogP contribution < -0.4 is 11.5 Å². The van der Waals surface area contributed by atoms with E-state index in [2.05, 4.69) is 9.97 Å². The Labute approximate surface area is 354 Å². The number of hydrogen-bond acceptors (Lipinski definition) is 12. The SMILES string of the molecule is CC(C)[C@H](N)C(=O)N(C(Cc1ccccc1)C(O)C(O)[C@H](Cc1ccccc1)N(C(=O)[C@@H](N)C(C)C)S(=O)(=O)N(C)Cc1ccccn1)S(=O)(=O)N(C)Cc1ccccn1. The van der Waals surface area contributed by atoms with Crippen LogP contribution in [0.25, 0.3) is 0 Å². The highest BCUT2D eigenvalue weighted by Gasteiger charge is 2.50. The third-order valence-corrected chi connectivity index (χ3v) is 14.0. The van der Waals surface area contributed by atoms with Crippen LogP contribution in [-0.2, 0) is 55.9 Å². The third kappa shape index (κ3) is 11.8. The first-order valence-corrected chi connectivity index (χ1v) is 22.4. The van der Waals surface area contributed by atoms with Gasteiger partial charge in [0.1, 0.15) is 12.2 Å². The number of carbonyl (C=O) groups excluding carboxylic acids is 2. The molecule has 2 aromatic heterocycles. The van der Waals surface area contributed by atoms with E-state index < -0.39 is 80.4 Å². The van der Waals surface area contributed by atoms with Crippen LogP contribution in [0, 0.1) is 11.8 Å². The van der Waals surface area contributed by atoms with Crippen LogP contribution in [-0.4, -0.2) is 117 Å². The largest absolute Gasteiger partial charge is 0.388 e. The number of pyridine rings is 2. The van der Waals surface area contributed by atoms with Gasteiger partial charge in [-0.15, -0.1) is 0 Å². The number of benzene rings is 2. The highest BCUT2D eigenvalue weighted by Crippen LogP contribution is 2.29. The molecule has 60 heavy (non-hydrogen) atoms. The Morgan fingerprint density at radius 3 is 1.17 bits per heavy atom. The van der Waals surface area contributed by atoms with E-state index in [0.717, 1.165) is 8.61 Å². The molecule has 0 saturated heterocycles. The van der Waals surface area contributed by atoms with Gasteiger partial charge in [-0.05, 0) is 60.1 Å². The summed E-state index contributed by atoms with van der Waals surface area (Å²) < 4.78 is 62.0. The second kappa shape index (κ2) is 21.2. The Morgan fingerprint density at radius 2 is 0.883 bits per heavy atom. The van der Waals surface area contributed by atoms with Gasteiger partial charge < -0.3 is 21.7 Å². The van der Waals surface area contributed by atoms with Crippen molar-refractivity contribution in [2.24, 2.45) is 23.3 Å². The Bertz CT molecular complexity index is 2030. The molecule has 2 amide bonds. The van der Waals surface area contributed by atoms with E-state index in [1.807, 2.05) is 0 Å². The molecule has 0 bridgehead atoms. The van der Waals surface area contributed by atoms with Crippen molar-refractivity contribution in [1.82, 2.24) is 27.2 Å². The molecule has 2 aromatic carbocycles. The fraction of sp³-hybridized carbons (Fsp3) is 0.429. The maximum absolute atomic E-state index is 14.8. The predicted octanol–water partition coefficient (Wildman–Crippen LogP) is 2.10. The Balaban J connectivity index is 1.96. The third-order valence-electron chi connectivity index (χ3n) is 10.3. The van der Waals surface area contributed by atoms with Crippen LogP contribution in [0.15, 0.2) is 109 Å². The molecule has 0 spiro atoms. The van der Waals surface area contributed by atoms with Gasteiger partial charge >= 0.3 is 20.4 Å². The first-order valence-electron chi connectivity index (χ1n) is 19.6. The molecule has 18 heteroatoms. The van der Waals surface area contributed by atoms with E-state index in [1.54, 1.807) is 125 Å². The number of nitrogens with two attached hydrogens (primary N) is 2. The first kappa shape index (κ1) is 48.0. The molecule has 0 fully saturated rings. The van der Waals surface area contributed by atoms with Crippen LogP contribution in [0.2, 0.25) is 0 Å². The summed E-state index contributed by atoms with van der Waals surface area (Å²) in [7, 11) is -7.33. The summed E-state index contributed by atoms with van der Waals surface area (Å²) in [5, 5.41) is 25.2. The lowest BCUT2D eigenvalue weighted by Crippen LogP contribution is -2.65. The van der Waals surface area contributed by atoms with Crippen LogP contribution in [0.4, 0.5) is 0 Å². The Morgan fingerprint density at radius 1 is 0.567 bits per heavy atom. The molecule has 2 heterocycles. The molecule has 0 radical (unpaired) electrons. The van der Waals surface area contributed by atoms with Crippen molar-refractivity contribution in [3.05, 3.63) is 132 Å². The molecule has 0 saturated carbocycles.